The molecule has 1 rings (SSSR count). The number of benzene rings is 1. The van der Waals surface area contributed by atoms with Crippen molar-refractivity contribution in [2.24, 2.45) is 0 Å². The molecule has 1 aromatic carbocycles. The number of ether oxygens (including phenoxy) is 1. The summed E-state index contributed by atoms with van der Waals surface area (Å²) in [6, 6.07) is 10.5. The Morgan fingerprint density at radius 3 is 2.53 bits per heavy atom. The van der Waals surface area contributed by atoms with Gasteiger partial charge in [0, 0.05) is 6.42 Å². The van der Waals surface area contributed by atoms with Gasteiger partial charge in [0.1, 0.15) is 5.75 Å². The highest BCUT2D eigenvalue weighted by atomic mass is 16.5. The second-order valence-corrected chi connectivity index (χ2v) is 5.08. The van der Waals surface area contributed by atoms with Gasteiger partial charge in [0.05, 0.1) is 12.7 Å². The molecule has 0 aliphatic rings. The van der Waals surface area contributed by atoms with Gasteiger partial charge < -0.3 is 4.74 Å². The van der Waals surface area contributed by atoms with E-state index in [0.29, 0.717) is 12.3 Å². The first kappa shape index (κ1) is 15.6. The molecule has 0 N–H and O–H groups in total. The van der Waals surface area contributed by atoms with Gasteiger partial charge in [-0.05, 0) is 36.5 Å². The molecule has 0 aromatic heterocycles. The molecule has 2 heteroatoms. The third-order valence-corrected chi connectivity index (χ3v) is 3.40. The van der Waals surface area contributed by atoms with Crippen LogP contribution in [0.2, 0.25) is 0 Å². The largest absolute Gasteiger partial charge is 0.494 e. The van der Waals surface area contributed by atoms with Crippen LogP contribution >= 0.6 is 0 Å². The normalized spacial score (nSPS) is 11.8. The lowest BCUT2D eigenvalue weighted by atomic mass is 9.96. The van der Waals surface area contributed by atoms with E-state index < -0.39 is 0 Å². The van der Waals surface area contributed by atoms with Gasteiger partial charge in [0.25, 0.3) is 0 Å². The minimum absolute atomic E-state index is 0.443. The second kappa shape index (κ2) is 9.44. The van der Waals surface area contributed by atoms with Crippen molar-refractivity contribution in [1.29, 1.82) is 5.26 Å². The van der Waals surface area contributed by atoms with Gasteiger partial charge in [-0.25, -0.2) is 0 Å². The predicted molar refractivity (Wildman–Crippen MR) is 79.3 cm³/mol. The third-order valence-electron chi connectivity index (χ3n) is 3.40. The molecule has 1 aromatic rings. The molecule has 0 amide bonds. The maximum absolute atomic E-state index is 8.59. The van der Waals surface area contributed by atoms with Gasteiger partial charge in [-0.3, -0.25) is 0 Å². The zero-order valence-corrected chi connectivity index (χ0v) is 12.2. The van der Waals surface area contributed by atoms with Crippen molar-refractivity contribution in [3.05, 3.63) is 29.8 Å². The molecular weight excluding hydrogens is 234 g/mol. The first-order chi connectivity index (χ1) is 9.27. The van der Waals surface area contributed by atoms with E-state index in [1.54, 1.807) is 0 Å². The number of nitriles is 1. The Hall–Kier alpha value is -1.49. The van der Waals surface area contributed by atoms with E-state index in [2.05, 4.69) is 32.0 Å². The maximum Gasteiger partial charge on any atom is 0.119 e. The van der Waals surface area contributed by atoms with Crippen molar-refractivity contribution in [3.63, 3.8) is 0 Å². The molecule has 0 heterocycles. The molecule has 104 valence electrons. The fourth-order valence-electron chi connectivity index (χ4n) is 2.06. The molecule has 1 atom stereocenters. The summed E-state index contributed by atoms with van der Waals surface area (Å²) >= 11 is 0. The Balaban J connectivity index is 2.33. The Kier molecular flexibility index (Phi) is 7.74. The lowest BCUT2D eigenvalue weighted by Crippen LogP contribution is -1.98. The lowest BCUT2D eigenvalue weighted by molar-refractivity contribution is 0.305. The van der Waals surface area contributed by atoms with E-state index in [4.69, 9.17) is 10.00 Å². The van der Waals surface area contributed by atoms with Crippen LogP contribution in [0.15, 0.2) is 24.3 Å². The average molecular weight is 259 g/mol. The molecular formula is C17H25NO. The summed E-state index contributed by atoms with van der Waals surface area (Å²) in [6.45, 7) is 5.19. The van der Waals surface area contributed by atoms with E-state index in [1.807, 2.05) is 12.1 Å². The van der Waals surface area contributed by atoms with Gasteiger partial charge in [0.2, 0.25) is 0 Å². The fraction of sp³-hybridized carbons (Fsp3) is 0.588. The van der Waals surface area contributed by atoms with Crippen LogP contribution in [0.25, 0.3) is 0 Å². The lowest BCUT2D eigenvalue weighted by Gasteiger charge is -2.11. The van der Waals surface area contributed by atoms with Crippen molar-refractivity contribution in [3.8, 4) is 11.8 Å². The topological polar surface area (TPSA) is 33.0 Å². The summed E-state index contributed by atoms with van der Waals surface area (Å²) in [6.07, 6.45) is 6.48. The van der Waals surface area contributed by atoms with Gasteiger partial charge >= 0.3 is 0 Å². The molecule has 0 bridgehead atoms. The van der Waals surface area contributed by atoms with Gasteiger partial charge in [0.15, 0.2) is 0 Å². The highest BCUT2D eigenvalue weighted by molar-refractivity contribution is 5.29. The minimum atomic E-state index is 0.443. The number of hydrogen-bond acceptors (Lipinski definition) is 2. The molecule has 0 fully saturated rings. The highest BCUT2D eigenvalue weighted by Crippen LogP contribution is 2.23. The summed E-state index contributed by atoms with van der Waals surface area (Å²) in [4.78, 5) is 0. The van der Waals surface area contributed by atoms with Crippen LogP contribution in [0.1, 0.15) is 63.9 Å². The smallest absolute Gasteiger partial charge is 0.119 e. The monoisotopic (exact) mass is 259 g/mol. The van der Waals surface area contributed by atoms with Crippen LogP contribution in [0, 0.1) is 11.3 Å². The predicted octanol–water partition coefficient (Wildman–Crippen LogP) is 5.05. The van der Waals surface area contributed by atoms with Crippen LogP contribution in [-0.4, -0.2) is 6.61 Å². The van der Waals surface area contributed by atoms with Crippen LogP contribution in [0.4, 0.5) is 0 Å². The molecule has 0 saturated heterocycles. The number of unbranched alkanes of at least 4 members (excludes halogenated alkanes) is 3. The van der Waals surface area contributed by atoms with Crippen LogP contribution in [0.5, 0.6) is 5.75 Å². The van der Waals surface area contributed by atoms with Crippen molar-refractivity contribution < 1.29 is 4.74 Å². The van der Waals surface area contributed by atoms with Crippen molar-refractivity contribution in [2.75, 3.05) is 6.61 Å². The molecule has 0 spiro atoms. The molecule has 0 saturated carbocycles. The Labute approximate surface area is 117 Å². The van der Waals surface area contributed by atoms with Crippen LogP contribution in [-0.2, 0) is 0 Å². The maximum atomic E-state index is 8.59. The van der Waals surface area contributed by atoms with Crippen molar-refractivity contribution in [2.45, 2.75) is 58.3 Å². The van der Waals surface area contributed by atoms with Gasteiger partial charge in [-0.2, -0.15) is 5.26 Å². The summed E-state index contributed by atoms with van der Waals surface area (Å²) in [7, 11) is 0. The zero-order chi connectivity index (χ0) is 13.9. The number of rotatable bonds is 9. The number of nitrogens with zero attached hydrogens (tertiary/aromatic N) is 1. The van der Waals surface area contributed by atoms with E-state index in [-0.39, 0.29) is 0 Å². The van der Waals surface area contributed by atoms with E-state index in [1.165, 1.54) is 24.8 Å². The first-order valence-corrected chi connectivity index (χ1v) is 7.37. The van der Waals surface area contributed by atoms with Crippen LogP contribution in [0.3, 0.4) is 0 Å². The summed E-state index contributed by atoms with van der Waals surface area (Å²) in [5.74, 6) is 1.39. The molecule has 19 heavy (non-hydrogen) atoms. The van der Waals surface area contributed by atoms with E-state index in [0.717, 1.165) is 25.2 Å². The molecule has 0 aliphatic heterocycles. The van der Waals surface area contributed by atoms with Gasteiger partial charge in [-0.15, -0.1) is 0 Å². The summed E-state index contributed by atoms with van der Waals surface area (Å²) < 4.78 is 5.72. The first-order valence-electron chi connectivity index (χ1n) is 7.37. The highest BCUT2D eigenvalue weighted by Gasteiger charge is 2.05. The Bertz CT molecular complexity index is 377. The van der Waals surface area contributed by atoms with E-state index in [9.17, 15) is 0 Å². The molecule has 2 nitrogen and oxygen atoms in total. The second-order valence-electron chi connectivity index (χ2n) is 5.08. The standard InChI is InChI=1S/C17H25NO/c1-3-4-5-6-14-19-17-11-9-16(10-12-17)15(2)8-7-13-18/h9-12,15H,3-8,14H2,1-2H3. The molecule has 1 unspecified atom stereocenters. The molecule has 0 radical (unpaired) electrons. The fourth-order valence-corrected chi connectivity index (χ4v) is 2.06. The quantitative estimate of drug-likeness (QED) is 0.581. The Morgan fingerprint density at radius 2 is 1.89 bits per heavy atom. The third kappa shape index (κ3) is 6.29. The average Bonchev–Trinajstić information content (AvgIpc) is 2.45. The van der Waals surface area contributed by atoms with E-state index >= 15 is 0 Å². The number of hydrogen-bond donors (Lipinski definition) is 0. The van der Waals surface area contributed by atoms with Crippen LogP contribution < -0.4 is 4.74 Å². The molecule has 0 aliphatic carbocycles. The summed E-state index contributed by atoms with van der Waals surface area (Å²) in [5, 5.41) is 8.59. The summed E-state index contributed by atoms with van der Waals surface area (Å²) in [5.41, 5.74) is 1.29. The van der Waals surface area contributed by atoms with Gasteiger partial charge in [-0.1, -0.05) is 45.2 Å². The SMILES string of the molecule is CCCCCCOc1ccc(C(C)CCC#N)cc1. The van der Waals surface area contributed by atoms with Crippen molar-refractivity contribution in [1.82, 2.24) is 0 Å². The minimum Gasteiger partial charge on any atom is -0.494 e. The Morgan fingerprint density at radius 1 is 1.16 bits per heavy atom. The zero-order valence-electron chi connectivity index (χ0n) is 12.2. The van der Waals surface area contributed by atoms with Crippen molar-refractivity contribution >= 4 is 0 Å².